The Labute approximate surface area is 167 Å². The van der Waals surface area contributed by atoms with Crippen molar-refractivity contribution < 1.29 is 13.2 Å². The number of halogens is 1. The van der Waals surface area contributed by atoms with E-state index in [1.807, 2.05) is 4.90 Å². The summed E-state index contributed by atoms with van der Waals surface area (Å²) in [4.78, 5) is 17.3. The van der Waals surface area contributed by atoms with Crippen LogP contribution in [0, 0.1) is 5.92 Å². The van der Waals surface area contributed by atoms with Crippen molar-refractivity contribution in [3.63, 3.8) is 0 Å². The van der Waals surface area contributed by atoms with Crippen LogP contribution in [0.15, 0.2) is 29.2 Å². The number of piperidine rings is 1. The molecule has 0 aromatic heterocycles. The van der Waals surface area contributed by atoms with Crippen LogP contribution in [0.25, 0.3) is 0 Å². The van der Waals surface area contributed by atoms with Gasteiger partial charge in [-0.25, -0.2) is 8.42 Å². The number of nitrogens with zero attached hydrogens (tertiary/aromatic N) is 3. The highest BCUT2D eigenvalue weighted by Crippen LogP contribution is 2.23. The Hall–Kier alpha value is -1.15. The van der Waals surface area contributed by atoms with Crippen molar-refractivity contribution in [1.82, 2.24) is 14.1 Å². The van der Waals surface area contributed by atoms with Gasteiger partial charge in [-0.2, -0.15) is 4.31 Å². The number of carbonyl (C=O) groups is 1. The van der Waals surface area contributed by atoms with Crippen LogP contribution < -0.4 is 0 Å². The molecule has 0 aliphatic carbocycles. The lowest BCUT2D eigenvalue weighted by Crippen LogP contribution is -2.52. The van der Waals surface area contributed by atoms with Gasteiger partial charge in [-0.05, 0) is 63.2 Å². The van der Waals surface area contributed by atoms with Crippen molar-refractivity contribution >= 4 is 27.5 Å². The number of sulfonamides is 1. The first-order chi connectivity index (χ1) is 12.9. The Morgan fingerprint density at radius 1 is 1.04 bits per heavy atom. The largest absolute Gasteiger partial charge is 0.340 e. The predicted molar refractivity (Wildman–Crippen MR) is 106 cm³/mol. The molecular formula is C19H28ClN3O3S. The van der Waals surface area contributed by atoms with Crippen LogP contribution in [0.3, 0.4) is 0 Å². The van der Waals surface area contributed by atoms with Crippen LogP contribution in [-0.2, 0) is 14.8 Å². The van der Waals surface area contributed by atoms with E-state index in [-0.39, 0.29) is 16.7 Å². The number of hydrogen-bond donors (Lipinski definition) is 0. The summed E-state index contributed by atoms with van der Waals surface area (Å²) < 4.78 is 27.0. The summed E-state index contributed by atoms with van der Waals surface area (Å²) in [5.41, 5.74) is 0. The van der Waals surface area contributed by atoms with Crippen LogP contribution >= 0.6 is 11.6 Å². The van der Waals surface area contributed by atoms with Crippen LogP contribution in [0.4, 0.5) is 0 Å². The normalized spacial score (nSPS) is 20.7. The van der Waals surface area contributed by atoms with Gasteiger partial charge in [0.1, 0.15) is 0 Å². The van der Waals surface area contributed by atoms with Gasteiger partial charge in [-0.15, -0.1) is 0 Å². The third-order valence-electron chi connectivity index (χ3n) is 5.48. The van der Waals surface area contributed by atoms with E-state index in [1.165, 1.54) is 16.4 Å². The Morgan fingerprint density at radius 3 is 2.19 bits per heavy atom. The summed E-state index contributed by atoms with van der Waals surface area (Å²) in [6.07, 6.45) is 2.95. The molecule has 2 heterocycles. The van der Waals surface area contributed by atoms with Gasteiger partial charge in [0.05, 0.1) is 4.90 Å². The summed E-state index contributed by atoms with van der Waals surface area (Å²) >= 11 is 5.85. The summed E-state index contributed by atoms with van der Waals surface area (Å²) in [5, 5.41) is 0.509. The first-order valence-corrected chi connectivity index (χ1v) is 11.5. The van der Waals surface area contributed by atoms with Crippen molar-refractivity contribution in [2.75, 3.05) is 45.8 Å². The number of rotatable bonds is 5. The van der Waals surface area contributed by atoms with E-state index >= 15 is 0 Å². The summed E-state index contributed by atoms with van der Waals surface area (Å²) in [5.74, 6) is 0.271. The molecular weight excluding hydrogens is 386 g/mol. The Bertz CT molecular complexity index is 738. The number of benzene rings is 1. The number of hydrogen-bond acceptors (Lipinski definition) is 4. The van der Waals surface area contributed by atoms with E-state index in [9.17, 15) is 13.2 Å². The van der Waals surface area contributed by atoms with Gasteiger partial charge >= 0.3 is 0 Å². The lowest BCUT2D eigenvalue weighted by Gasteiger charge is -2.38. The van der Waals surface area contributed by atoms with Gasteiger partial charge in [-0.1, -0.05) is 18.5 Å². The van der Waals surface area contributed by atoms with Gasteiger partial charge in [0.2, 0.25) is 15.9 Å². The molecule has 0 bridgehead atoms. The molecule has 1 aromatic rings. The maximum absolute atomic E-state index is 12.8. The molecule has 0 saturated carbocycles. The van der Waals surface area contributed by atoms with Gasteiger partial charge < -0.3 is 9.80 Å². The molecule has 1 aromatic carbocycles. The highest BCUT2D eigenvalue weighted by Gasteiger charge is 2.33. The number of piperazine rings is 1. The molecule has 6 nitrogen and oxygen atoms in total. The number of amides is 1. The van der Waals surface area contributed by atoms with E-state index in [0.717, 1.165) is 38.9 Å². The van der Waals surface area contributed by atoms with Gasteiger partial charge in [0.25, 0.3) is 0 Å². The molecule has 27 heavy (non-hydrogen) atoms. The standard InChI is InChI=1S/C19H28ClN3O3S/c1-2-9-21-10-7-16(8-11-21)19(24)22-12-14-23(15-13-22)27(25,26)18-5-3-17(20)4-6-18/h3-6,16H,2,7-15H2,1H3. The molecule has 2 aliphatic rings. The average molecular weight is 414 g/mol. The fourth-order valence-electron chi connectivity index (χ4n) is 3.88. The molecule has 150 valence electrons. The molecule has 0 atom stereocenters. The molecule has 0 radical (unpaired) electrons. The fourth-order valence-corrected chi connectivity index (χ4v) is 5.43. The van der Waals surface area contributed by atoms with Gasteiger partial charge in [-0.3, -0.25) is 4.79 Å². The quantitative estimate of drug-likeness (QED) is 0.743. The molecule has 8 heteroatoms. The second kappa shape index (κ2) is 8.90. The van der Waals surface area contributed by atoms with Crippen LogP contribution in [0.2, 0.25) is 5.02 Å². The topological polar surface area (TPSA) is 60.9 Å². The fraction of sp³-hybridized carbons (Fsp3) is 0.632. The Balaban J connectivity index is 1.54. The first kappa shape index (κ1) is 20.6. The minimum absolute atomic E-state index is 0.0810. The average Bonchev–Trinajstić information content (AvgIpc) is 2.69. The van der Waals surface area contributed by atoms with Gasteiger partial charge in [0, 0.05) is 37.1 Å². The van der Waals surface area contributed by atoms with Gasteiger partial charge in [0.15, 0.2) is 0 Å². The molecule has 2 saturated heterocycles. The molecule has 1 amide bonds. The maximum Gasteiger partial charge on any atom is 0.243 e. The first-order valence-electron chi connectivity index (χ1n) is 9.68. The molecule has 3 rings (SSSR count). The second-order valence-electron chi connectivity index (χ2n) is 7.30. The maximum atomic E-state index is 12.8. The van der Waals surface area contributed by atoms with E-state index in [4.69, 9.17) is 11.6 Å². The monoisotopic (exact) mass is 413 g/mol. The van der Waals surface area contributed by atoms with Crippen molar-refractivity contribution in [3.8, 4) is 0 Å². The SMILES string of the molecule is CCCN1CCC(C(=O)N2CCN(S(=O)(=O)c3ccc(Cl)cc3)CC2)CC1. The second-order valence-corrected chi connectivity index (χ2v) is 9.67. The lowest BCUT2D eigenvalue weighted by atomic mass is 9.95. The van der Waals surface area contributed by atoms with Crippen LogP contribution in [-0.4, -0.2) is 74.2 Å². The molecule has 0 spiro atoms. The smallest absolute Gasteiger partial charge is 0.243 e. The van der Waals surface area contributed by atoms with Crippen molar-refractivity contribution in [3.05, 3.63) is 29.3 Å². The lowest BCUT2D eigenvalue weighted by molar-refractivity contribution is -0.138. The van der Waals surface area contributed by atoms with Crippen molar-refractivity contribution in [2.45, 2.75) is 31.1 Å². The van der Waals surface area contributed by atoms with Crippen molar-refractivity contribution in [1.29, 1.82) is 0 Å². The highest BCUT2D eigenvalue weighted by atomic mass is 35.5. The summed E-state index contributed by atoms with van der Waals surface area (Å²) in [6.45, 7) is 6.83. The molecule has 2 fully saturated rings. The zero-order valence-electron chi connectivity index (χ0n) is 15.8. The number of likely N-dealkylation sites (tertiary alicyclic amines) is 1. The third-order valence-corrected chi connectivity index (χ3v) is 7.64. The summed E-state index contributed by atoms with van der Waals surface area (Å²) in [7, 11) is -3.54. The molecule has 2 aliphatic heterocycles. The van der Waals surface area contributed by atoms with Crippen LogP contribution in [0.5, 0.6) is 0 Å². The minimum Gasteiger partial charge on any atom is -0.340 e. The van der Waals surface area contributed by atoms with Crippen LogP contribution in [0.1, 0.15) is 26.2 Å². The molecule has 0 N–H and O–H groups in total. The van der Waals surface area contributed by atoms with E-state index < -0.39 is 10.0 Å². The van der Waals surface area contributed by atoms with Crippen molar-refractivity contribution in [2.24, 2.45) is 5.92 Å². The summed E-state index contributed by atoms with van der Waals surface area (Å²) in [6, 6.07) is 6.22. The zero-order valence-corrected chi connectivity index (χ0v) is 17.4. The predicted octanol–water partition coefficient (Wildman–Crippen LogP) is 2.29. The highest BCUT2D eigenvalue weighted by molar-refractivity contribution is 7.89. The Morgan fingerprint density at radius 2 is 1.63 bits per heavy atom. The van der Waals surface area contributed by atoms with E-state index in [0.29, 0.717) is 31.2 Å². The zero-order chi connectivity index (χ0) is 19.4. The van der Waals surface area contributed by atoms with E-state index in [1.54, 1.807) is 12.1 Å². The molecule has 0 unspecified atom stereocenters. The third kappa shape index (κ3) is 4.83. The van der Waals surface area contributed by atoms with E-state index in [2.05, 4.69) is 11.8 Å². The minimum atomic E-state index is -3.54. The number of carbonyl (C=O) groups excluding carboxylic acids is 1. The Kier molecular flexibility index (Phi) is 6.78.